The van der Waals surface area contributed by atoms with Gasteiger partial charge in [0, 0.05) is 11.4 Å². The highest BCUT2D eigenvalue weighted by Crippen LogP contribution is 2.07. The summed E-state index contributed by atoms with van der Waals surface area (Å²) < 4.78 is 0. The van der Waals surface area contributed by atoms with E-state index in [2.05, 4.69) is 10.6 Å². The third-order valence-corrected chi connectivity index (χ3v) is 3.60. The lowest BCUT2D eigenvalue weighted by molar-refractivity contribution is -0.113. The number of rotatable bonds is 4. The Morgan fingerprint density at radius 2 is 1.14 bits per heavy atom. The van der Waals surface area contributed by atoms with Crippen molar-refractivity contribution in [2.45, 2.75) is 0 Å². The first-order chi connectivity index (χ1) is 10.2. The van der Waals surface area contributed by atoms with Crippen molar-refractivity contribution in [3.8, 4) is 0 Å². The molecule has 0 spiro atoms. The van der Waals surface area contributed by atoms with Gasteiger partial charge in [-0.05, 0) is 35.5 Å². The summed E-state index contributed by atoms with van der Waals surface area (Å²) in [5, 5.41) is 5.27. The predicted octanol–water partition coefficient (Wildman–Crippen LogP) is 1.98. The first-order valence-electron chi connectivity index (χ1n) is 6.10. The quantitative estimate of drug-likeness (QED) is 0.670. The molecule has 0 aliphatic rings. The van der Waals surface area contributed by atoms with Crippen LogP contribution in [0.5, 0.6) is 0 Å². The van der Waals surface area contributed by atoms with Crippen molar-refractivity contribution in [1.82, 2.24) is 0 Å². The van der Waals surface area contributed by atoms with Gasteiger partial charge in [-0.25, -0.2) is 0 Å². The van der Waals surface area contributed by atoms with Crippen LogP contribution in [0.15, 0.2) is 60.7 Å². The molecule has 0 unspecified atom stereocenters. The minimum Gasteiger partial charge on any atom is -0.321 e. The Bertz CT molecular complexity index is 641. The van der Waals surface area contributed by atoms with Gasteiger partial charge in [0.2, 0.25) is 0 Å². The number of nitrogens with one attached hydrogen (secondary N) is 2. The molecule has 0 bridgehead atoms. The number of hydrogen-bond donors (Lipinski definition) is 2. The van der Waals surface area contributed by atoms with Gasteiger partial charge in [0.05, 0.1) is 0 Å². The predicted molar refractivity (Wildman–Crippen MR) is 89.9 cm³/mol. The molecule has 106 valence electrons. The zero-order valence-electron chi connectivity index (χ0n) is 10.9. The van der Waals surface area contributed by atoms with Crippen molar-refractivity contribution in [3.05, 3.63) is 60.7 Å². The molecule has 2 aromatic carbocycles. The van der Waals surface area contributed by atoms with E-state index in [1.54, 1.807) is 48.5 Å². The molecule has 4 nitrogen and oxygen atoms in total. The molecule has 6 heteroatoms. The van der Waals surface area contributed by atoms with Gasteiger partial charge in [0.15, 0.2) is 4.86 Å². The lowest BCUT2D eigenvalue weighted by Gasteiger charge is -2.07. The van der Waals surface area contributed by atoms with E-state index in [0.29, 0.717) is 21.3 Å². The fourth-order valence-corrected chi connectivity index (χ4v) is 2.31. The number of benzene rings is 2. The standard InChI is InChI=1S/C15H12N2O2S2/c18-14(16-11-7-3-1-4-8-11)13(21-20)15(19)17-12-9-5-2-6-10-12/h1-10H,(H,16,18)(H,17,19). The van der Waals surface area contributed by atoms with E-state index in [1.807, 2.05) is 12.1 Å². The van der Waals surface area contributed by atoms with Gasteiger partial charge < -0.3 is 10.6 Å². The summed E-state index contributed by atoms with van der Waals surface area (Å²) in [5.74, 6) is -1.04. The molecule has 0 fully saturated rings. The summed E-state index contributed by atoms with van der Waals surface area (Å²) in [7, 11) is 0.701. The second-order valence-electron chi connectivity index (χ2n) is 4.05. The van der Waals surface area contributed by atoms with Crippen LogP contribution in [-0.4, -0.2) is 16.7 Å². The fourth-order valence-electron chi connectivity index (χ4n) is 1.60. The first kappa shape index (κ1) is 15.1. The summed E-state index contributed by atoms with van der Waals surface area (Å²) in [6.45, 7) is 0. The van der Waals surface area contributed by atoms with Crippen LogP contribution < -0.4 is 10.6 Å². The summed E-state index contributed by atoms with van der Waals surface area (Å²) in [5.41, 5.74) is 1.22. The van der Waals surface area contributed by atoms with Crippen molar-refractivity contribution in [2.24, 2.45) is 0 Å². The summed E-state index contributed by atoms with van der Waals surface area (Å²) >= 11 is 4.82. The van der Waals surface area contributed by atoms with Gasteiger partial charge >= 0.3 is 0 Å². The molecule has 21 heavy (non-hydrogen) atoms. The second-order valence-corrected chi connectivity index (χ2v) is 5.13. The maximum Gasteiger partial charge on any atom is 0.272 e. The Morgan fingerprint density at radius 3 is 1.48 bits per heavy atom. The molecule has 0 heterocycles. The first-order valence-corrected chi connectivity index (χ1v) is 7.84. The zero-order chi connectivity index (χ0) is 15.1. The van der Waals surface area contributed by atoms with Crippen LogP contribution in [-0.2, 0) is 30.7 Å². The fraction of sp³-hybridized carbons (Fsp3) is 0. The number of carbonyl (C=O) groups excluding carboxylic acids is 2. The Hall–Kier alpha value is -2.31. The van der Waals surface area contributed by atoms with Crippen LogP contribution in [0.2, 0.25) is 0 Å². The van der Waals surface area contributed by atoms with Crippen LogP contribution in [0, 0.1) is 0 Å². The maximum atomic E-state index is 12.1. The van der Waals surface area contributed by atoms with E-state index in [9.17, 15) is 9.59 Å². The third kappa shape index (κ3) is 4.34. The molecule has 0 aromatic heterocycles. The smallest absolute Gasteiger partial charge is 0.272 e. The largest absolute Gasteiger partial charge is 0.321 e. The van der Waals surface area contributed by atoms with E-state index >= 15 is 0 Å². The van der Waals surface area contributed by atoms with Gasteiger partial charge in [-0.1, -0.05) is 46.3 Å². The highest BCUT2D eigenvalue weighted by molar-refractivity contribution is 8.18. The SMILES string of the molecule is O=C(Nc1ccccc1)C(=S=S)C(=O)Nc1ccccc1. The average molecular weight is 316 g/mol. The number of anilines is 2. The molecule has 0 saturated heterocycles. The Kier molecular flexibility index (Phi) is 5.36. The van der Waals surface area contributed by atoms with Crippen molar-refractivity contribution < 1.29 is 9.59 Å². The van der Waals surface area contributed by atoms with E-state index in [-0.39, 0.29) is 4.86 Å². The van der Waals surface area contributed by atoms with Crippen molar-refractivity contribution >= 4 is 49.2 Å². The molecular formula is C15H12N2O2S2. The summed E-state index contributed by atoms with van der Waals surface area (Å²) in [6, 6.07) is 17.8. The average Bonchev–Trinajstić information content (AvgIpc) is 2.50. The molecule has 2 amide bonds. The van der Waals surface area contributed by atoms with E-state index < -0.39 is 11.8 Å². The van der Waals surface area contributed by atoms with E-state index in [0.717, 1.165) is 0 Å². The molecule has 2 rings (SSSR count). The highest BCUT2D eigenvalue weighted by Gasteiger charge is 2.18. The van der Waals surface area contributed by atoms with Crippen molar-refractivity contribution in [1.29, 1.82) is 0 Å². The van der Waals surface area contributed by atoms with Gasteiger partial charge in [0.25, 0.3) is 11.8 Å². The molecular weight excluding hydrogens is 304 g/mol. The number of para-hydroxylation sites is 2. The highest BCUT2D eigenvalue weighted by atomic mass is 32.8. The normalized spacial score (nSPS) is 9.52. The number of hydrogen-bond acceptors (Lipinski definition) is 3. The number of amides is 2. The monoisotopic (exact) mass is 316 g/mol. The molecule has 0 aliphatic carbocycles. The lowest BCUT2D eigenvalue weighted by atomic mass is 10.3. The lowest BCUT2D eigenvalue weighted by Crippen LogP contribution is -2.34. The molecule has 0 atom stereocenters. The third-order valence-electron chi connectivity index (χ3n) is 2.56. The zero-order valence-corrected chi connectivity index (χ0v) is 12.5. The Morgan fingerprint density at radius 1 is 0.762 bits per heavy atom. The molecule has 0 radical (unpaired) electrons. The van der Waals surface area contributed by atoms with Crippen molar-refractivity contribution in [2.75, 3.05) is 10.6 Å². The van der Waals surface area contributed by atoms with Gasteiger partial charge in [-0.3, -0.25) is 9.59 Å². The van der Waals surface area contributed by atoms with Gasteiger partial charge in [0.1, 0.15) is 0 Å². The minimum atomic E-state index is -0.519. The molecule has 2 N–H and O–H groups in total. The van der Waals surface area contributed by atoms with Crippen LogP contribution in [0.25, 0.3) is 0 Å². The molecule has 0 aliphatic heterocycles. The van der Waals surface area contributed by atoms with E-state index in [4.69, 9.17) is 11.2 Å². The minimum absolute atomic E-state index is 0.0716. The van der Waals surface area contributed by atoms with Crippen LogP contribution >= 0.6 is 0 Å². The number of carbonyl (C=O) groups is 2. The van der Waals surface area contributed by atoms with Gasteiger partial charge in [-0.2, -0.15) is 0 Å². The Balaban J connectivity index is 2.07. The Labute approximate surface area is 130 Å². The van der Waals surface area contributed by atoms with Crippen molar-refractivity contribution in [3.63, 3.8) is 0 Å². The molecule has 2 aromatic rings. The van der Waals surface area contributed by atoms with Gasteiger partial charge in [-0.15, -0.1) is 0 Å². The summed E-state index contributed by atoms with van der Waals surface area (Å²) in [4.78, 5) is 24.1. The molecule has 0 saturated carbocycles. The topological polar surface area (TPSA) is 58.2 Å². The maximum absolute atomic E-state index is 12.1. The summed E-state index contributed by atoms with van der Waals surface area (Å²) in [6.07, 6.45) is 0. The van der Waals surface area contributed by atoms with Crippen LogP contribution in [0.4, 0.5) is 11.4 Å². The van der Waals surface area contributed by atoms with Crippen LogP contribution in [0.1, 0.15) is 0 Å². The van der Waals surface area contributed by atoms with Crippen LogP contribution in [0.3, 0.4) is 0 Å². The second kappa shape index (κ2) is 7.47. The van der Waals surface area contributed by atoms with E-state index in [1.165, 1.54) is 0 Å².